The van der Waals surface area contributed by atoms with Gasteiger partial charge in [0.1, 0.15) is 11.4 Å². The summed E-state index contributed by atoms with van der Waals surface area (Å²) in [6.07, 6.45) is 6.68. The summed E-state index contributed by atoms with van der Waals surface area (Å²) in [6.45, 7) is 2.89. The maximum Gasteiger partial charge on any atom is 0.341 e. The normalized spacial score (nSPS) is 15.7. The van der Waals surface area contributed by atoms with Crippen LogP contribution in [-0.2, 0) is 6.67 Å². The Bertz CT molecular complexity index is 1960. The number of aromatic nitrogens is 5. The van der Waals surface area contributed by atoms with E-state index in [1.165, 1.54) is 12.3 Å². The predicted molar refractivity (Wildman–Crippen MR) is 163 cm³/mol. The fourth-order valence-corrected chi connectivity index (χ4v) is 6.01. The van der Waals surface area contributed by atoms with Crippen LogP contribution in [0, 0.1) is 10.6 Å². The summed E-state index contributed by atoms with van der Waals surface area (Å²) >= 11 is 5.89. The number of nitrogens with zero attached hydrogens (tertiary/aromatic N) is 7. The van der Waals surface area contributed by atoms with Gasteiger partial charge in [-0.3, -0.25) is 19.2 Å². The number of anilines is 1. The number of carboxylic acids is 1. The lowest BCUT2D eigenvalue weighted by atomic mass is 10.1. The van der Waals surface area contributed by atoms with Gasteiger partial charge >= 0.3 is 5.97 Å². The molecule has 0 spiro atoms. The topological polar surface area (TPSA) is 101 Å². The molecule has 0 atom stereocenters. The van der Waals surface area contributed by atoms with Gasteiger partial charge in [-0.05, 0) is 61.5 Å². The van der Waals surface area contributed by atoms with Crippen LogP contribution >= 0.6 is 12.2 Å². The summed E-state index contributed by atoms with van der Waals surface area (Å²) < 4.78 is 21.6. The number of piperazine rings is 1. The third-order valence-corrected chi connectivity index (χ3v) is 8.49. The summed E-state index contributed by atoms with van der Waals surface area (Å²) in [4.78, 5) is 33.0. The first-order valence-corrected chi connectivity index (χ1v) is 14.5. The zero-order chi connectivity index (χ0) is 29.7. The van der Waals surface area contributed by atoms with Gasteiger partial charge in [0.2, 0.25) is 10.2 Å². The van der Waals surface area contributed by atoms with E-state index in [4.69, 9.17) is 17.3 Å². The van der Waals surface area contributed by atoms with Crippen LogP contribution in [0.15, 0.2) is 78.0 Å². The number of hydrogen-bond acceptors (Lipinski definition) is 7. The monoisotopic (exact) mass is 597 g/mol. The van der Waals surface area contributed by atoms with E-state index in [0.29, 0.717) is 54.6 Å². The molecule has 0 unspecified atom stereocenters. The van der Waals surface area contributed by atoms with E-state index in [9.17, 15) is 14.7 Å². The van der Waals surface area contributed by atoms with Gasteiger partial charge in [0.05, 0.1) is 17.9 Å². The largest absolute Gasteiger partial charge is 0.477 e. The average molecular weight is 598 g/mol. The van der Waals surface area contributed by atoms with Gasteiger partial charge in [-0.25, -0.2) is 13.9 Å². The van der Waals surface area contributed by atoms with Gasteiger partial charge in [-0.1, -0.05) is 18.2 Å². The zero-order valence-corrected chi connectivity index (χ0v) is 24.0. The van der Waals surface area contributed by atoms with E-state index in [-0.39, 0.29) is 17.0 Å². The first-order chi connectivity index (χ1) is 20.9. The van der Waals surface area contributed by atoms with Crippen molar-refractivity contribution in [3.63, 3.8) is 0 Å². The number of aromatic carboxylic acids is 1. The third-order valence-electron chi connectivity index (χ3n) is 8.09. The quantitative estimate of drug-likeness (QED) is 0.269. The van der Waals surface area contributed by atoms with Crippen molar-refractivity contribution in [3.8, 4) is 17.1 Å². The molecule has 1 saturated heterocycles. The molecular formula is C31H28FN7O3S. The Kier molecular flexibility index (Phi) is 6.86. The molecule has 1 N–H and O–H groups in total. The van der Waals surface area contributed by atoms with Crippen molar-refractivity contribution in [1.29, 1.82) is 0 Å². The molecule has 5 aromatic rings. The molecule has 1 aliphatic carbocycles. The van der Waals surface area contributed by atoms with E-state index in [1.807, 2.05) is 61.2 Å². The number of pyridine rings is 2. The number of halogens is 1. The fraction of sp³-hybridized carbons (Fsp3) is 0.258. The highest BCUT2D eigenvalue weighted by atomic mass is 32.1. The van der Waals surface area contributed by atoms with Crippen LogP contribution in [0.2, 0.25) is 0 Å². The number of carboxylic acid groups (broad SMARTS) is 1. The maximum atomic E-state index is 15.4. The molecule has 2 aliphatic rings. The first kappa shape index (κ1) is 27.2. The van der Waals surface area contributed by atoms with Crippen LogP contribution < -0.4 is 10.3 Å². The van der Waals surface area contributed by atoms with Crippen LogP contribution in [0.1, 0.15) is 29.2 Å². The molecule has 12 heteroatoms. The van der Waals surface area contributed by atoms with Gasteiger partial charge in [0, 0.05) is 67.4 Å². The number of rotatable bonds is 7. The summed E-state index contributed by atoms with van der Waals surface area (Å²) in [6, 6.07) is 16.7. The van der Waals surface area contributed by atoms with Gasteiger partial charge in [0.15, 0.2) is 5.82 Å². The van der Waals surface area contributed by atoms with Crippen LogP contribution in [0.3, 0.4) is 0 Å². The highest BCUT2D eigenvalue weighted by Gasteiger charge is 2.29. The van der Waals surface area contributed by atoms with E-state index < -0.39 is 17.2 Å². The second-order valence-corrected chi connectivity index (χ2v) is 11.3. The molecule has 218 valence electrons. The van der Waals surface area contributed by atoms with Gasteiger partial charge in [-0.2, -0.15) is 0 Å². The van der Waals surface area contributed by atoms with E-state index in [1.54, 1.807) is 18.5 Å². The highest BCUT2D eigenvalue weighted by Crippen LogP contribution is 2.38. The van der Waals surface area contributed by atoms with Crippen molar-refractivity contribution >= 4 is 34.8 Å². The molecular weight excluding hydrogens is 569 g/mol. The van der Waals surface area contributed by atoms with E-state index in [0.717, 1.165) is 24.1 Å². The van der Waals surface area contributed by atoms with Crippen molar-refractivity contribution in [2.45, 2.75) is 25.6 Å². The Morgan fingerprint density at radius 3 is 2.49 bits per heavy atom. The second kappa shape index (κ2) is 10.9. The Balaban J connectivity index is 1.15. The lowest BCUT2D eigenvalue weighted by Gasteiger charge is -2.36. The third kappa shape index (κ3) is 5.02. The van der Waals surface area contributed by atoms with Crippen LogP contribution in [0.4, 0.5) is 10.1 Å². The number of para-hydroxylation sites is 1. The first-order valence-electron chi connectivity index (χ1n) is 14.1. The van der Waals surface area contributed by atoms with Crippen LogP contribution in [-0.4, -0.2) is 66.1 Å². The molecule has 3 aromatic heterocycles. The Labute approximate surface area is 250 Å². The summed E-state index contributed by atoms with van der Waals surface area (Å²) in [7, 11) is 0. The molecule has 7 rings (SSSR count). The van der Waals surface area contributed by atoms with Crippen molar-refractivity contribution in [2.24, 2.45) is 0 Å². The van der Waals surface area contributed by atoms with Crippen LogP contribution in [0.5, 0.6) is 0 Å². The zero-order valence-electron chi connectivity index (χ0n) is 23.1. The molecule has 1 aliphatic heterocycles. The van der Waals surface area contributed by atoms with Gasteiger partial charge < -0.3 is 14.6 Å². The Morgan fingerprint density at radius 2 is 1.81 bits per heavy atom. The summed E-state index contributed by atoms with van der Waals surface area (Å²) in [5.74, 6) is -1.13. The minimum atomic E-state index is -1.30. The van der Waals surface area contributed by atoms with Gasteiger partial charge in [-0.15, -0.1) is 5.10 Å². The highest BCUT2D eigenvalue weighted by molar-refractivity contribution is 7.71. The standard InChI is InChI=1S/C31H28FN7O3S/c32-25-15-23-26(37(21-8-9-21)18-24(28(23)40)30(41)42)16-27(25)36-13-11-35(12-14-36)19-38-31(43)39(22-6-2-1-3-7-22)29(34-38)20-5-4-10-33-17-20/h1-7,10,15-18,21H,8-9,11-14,19H2,(H,41,42). The molecule has 4 heterocycles. The molecule has 1 saturated carbocycles. The smallest absolute Gasteiger partial charge is 0.341 e. The van der Waals surface area contributed by atoms with Gasteiger partial charge in [0.25, 0.3) is 0 Å². The number of benzene rings is 2. The lowest BCUT2D eigenvalue weighted by Crippen LogP contribution is -2.47. The van der Waals surface area contributed by atoms with E-state index >= 15 is 4.39 Å². The Hall–Kier alpha value is -4.68. The molecule has 0 amide bonds. The number of fused-ring (bicyclic) bond motifs is 1. The summed E-state index contributed by atoms with van der Waals surface area (Å²) in [5.41, 5.74) is 1.75. The molecule has 10 nitrogen and oxygen atoms in total. The molecule has 43 heavy (non-hydrogen) atoms. The minimum absolute atomic E-state index is 0.0967. The average Bonchev–Trinajstić information content (AvgIpc) is 3.82. The molecule has 0 bridgehead atoms. The SMILES string of the molecule is O=C(O)c1cn(C2CC2)c2cc(N3CCN(Cn4nc(-c5cccnc5)n(-c5ccccc5)c4=S)CC3)c(F)cc2c1=O. The number of hydrogen-bond donors (Lipinski definition) is 1. The fourth-order valence-electron chi connectivity index (χ4n) is 5.72. The van der Waals surface area contributed by atoms with Crippen LogP contribution in [0.25, 0.3) is 28.0 Å². The van der Waals surface area contributed by atoms with Crippen molar-refractivity contribution in [3.05, 3.63) is 99.6 Å². The molecule has 2 aromatic carbocycles. The van der Waals surface area contributed by atoms with E-state index in [2.05, 4.69) is 9.88 Å². The van der Waals surface area contributed by atoms with Crippen molar-refractivity contribution < 1.29 is 14.3 Å². The Morgan fingerprint density at radius 1 is 1.05 bits per heavy atom. The summed E-state index contributed by atoms with van der Waals surface area (Å²) in [5, 5.41) is 14.5. The second-order valence-electron chi connectivity index (χ2n) is 10.9. The number of carbonyl (C=O) groups is 1. The predicted octanol–water partition coefficient (Wildman–Crippen LogP) is 4.73. The molecule has 0 radical (unpaired) electrons. The van der Waals surface area contributed by atoms with Crippen molar-refractivity contribution in [1.82, 2.24) is 28.8 Å². The van der Waals surface area contributed by atoms with Crippen molar-refractivity contribution in [2.75, 3.05) is 31.1 Å². The minimum Gasteiger partial charge on any atom is -0.477 e. The lowest BCUT2D eigenvalue weighted by molar-refractivity contribution is 0.0695. The maximum absolute atomic E-state index is 15.4. The molecule has 2 fully saturated rings.